The lowest BCUT2D eigenvalue weighted by molar-refractivity contribution is -0.115. The zero-order valence-electron chi connectivity index (χ0n) is 11.7. The monoisotopic (exact) mass is 277 g/mol. The number of aromatic nitrogens is 2. The molecule has 3 rings (SSSR count). The highest BCUT2D eigenvalue weighted by Gasteiger charge is 2.05. The minimum absolute atomic E-state index is 0.0397. The molecule has 0 saturated carbocycles. The zero-order valence-corrected chi connectivity index (χ0v) is 11.7. The Kier molecular flexibility index (Phi) is 3.60. The van der Waals surface area contributed by atoms with Crippen LogP contribution in [0.2, 0.25) is 0 Å². The Hall–Kier alpha value is -2.75. The molecule has 2 aromatic carbocycles. The van der Waals surface area contributed by atoms with Gasteiger partial charge >= 0.3 is 0 Å². The van der Waals surface area contributed by atoms with E-state index >= 15 is 0 Å². The average Bonchev–Trinajstić information content (AvgIpc) is 2.49. The number of aryl methyl sites for hydroxylation is 1. The van der Waals surface area contributed by atoms with Gasteiger partial charge in [0.1, 0.15) is 0 Å². The van der Waals surface area contributed by atoms with Gasteiger partial charge in [0.15, 0.2) is 0 Å². The molecule has 0 saturated heterocycles. The molecule has 4 heteroatoms. The largest absolute Gasteiger partial charge is 0.326 e. The lowest BCUT2D eigenvalue weighted by Gasteiger charge is -2.06. The number of carbonyl (C=O) groups excluding carboxylic acids is 1. The van der Waals surface area contributed by atoms with Gasteiger partial charge in [0.25, 0.3) is 0 Å². The first-order valence-corrected chi connectivity index (χ1v) is 6.77. The number of benzene rings is 2. The highest BCUT2D eigenvalue weighted by molar-refractivity contribution is 5.94. The van der Waals surface area contributed by atoms with Gasteiger partial charge in [-0.2, -0.15) is 0 Å². The quantitative estimate of drug-likeness (QED) is 0.800. The van der Waals surface area contributed by atoms with E-state index in [9.17, 15) is 4.79 Å². The molecule has 1 aromatic heterocycles. The van der Waals surface area contributed by atoms with Crippen molar-refractivity contribution in [3.8, 4) is 0 Å². The molecule has 0 unspecified atom stereocenters. The van der Waals surface area contributed by atoms with Crippen LogP contribution in [-0.2, 0) is 11.2 Å². The molecule has 1 heterocycles. The second-order valence-electron chi connectivity index (χ2n) is 4.97. The highest BCUT2D eigenvalue weighted by Crippen LogP contribution is 2.15. The molecule has 0 atom stereocenters. The number of rotatable bonds is 3. The van der Waals surface area contributed by atoms with Gasteiger partial charge in [-0.3, -0.25) is 14.8 Å². The lowest BCUT2D eigenvalue weighted by atomic mass is 10.1. The van der Waals surface area contributed by atoms with Crippen LogP contribution in [0.15, 0.2) is 54.9 Å². The summed E-state index contributed by atoms with van der Waals surface area (Å²) in [6.45, 7) is 2.03. The second kappa shape index (κ2) is 5.71. The second-order valence-corrected chi connectivity index (χ2v) is 4.97. The van der Waals surface area contributed by atoms with Crippen molar-refractivity contribution in [3.05, 3.63) is 66.0 Å². The van der Waals surface area contributed by atoms with E-state index in [0.717, 1.165) is 22.3 Å². The van der Waals surface area contributed by atoms with Crippen LogP contribution < -0.4 is 5.32 Å². The third-order valence-electron chi connectivity index (χ3n) is 3.24. The number of nitrogens with zero attached hydrogens (tertiary/aromatic N) is 2. The minimum Gasteiger partial charge on any atom is -0.326 e. The normalized spacial score (nSPS) is 10.5. The zero-order chi connectivity index (χ0) is 14.7. The molecule has 104 valence electrons. The summed E-state index contributed by atoms with van der Waals surface area (Å²) in [7, 11) is 0. The lowest BCUT2D eigenvalue weighted by Crippen LogP contribution is -2.14. The molecule has 3 aromatic rings. The Morgan fingerprint density at radius 3 is 2.48 bits per heavy atom. The molecule has 0 aliphatic carbocycles. The van der Waals surface area contributed by atoms with Crippen LogP contribution in [-0.4, -0.2) is 15.9 Å². The fraction of sp³-hybridized carbons (Fsp3) is 0.118. The van der Waals surface area contributed by atoms with Gasteiger partial charge in [-0.05, 0) is 30.7 Å². The summed E-state index contributed by atoms with van der Waals surface area (Å²) in [6.07, 6.45) is 3.65. The van der Waals surface area contributed by atoms with Crippen molar-refractivity contribution in [2.45, 2.75) is 13.3 Å². The van der Waals surface area contributed by atoms with Crippen LogP contribution in [0.1, 0.15) is 11.1 Å². The summed E-state index contributed by atoms with van der Waals surface area (Å²) in [4.78, 5) is 20.5. The first-order valence-electron chi connectivity index (χ1n) is 6.77. The van der Waals surface area contributed by atoms with Crippen LogP contribution in [0.3, 0.4) is 0 Å². The van der Waals surface area contributed by atoms with Gasteiger partial charge in [0.05, 0.1) is 17.5 Å². The van der Waals surface area contributed by atoms with Crippen molar-refractivity contribution in [3.63, 3.8) is 0 Å². The van der Waals surface area contributed by atoms with E-state index < -0.39 is 0 Å². The first-order chi connectivity index (χ1) is 10.2. The van der Waals surface area contributed by atoms with E-state index in [1.54, 1.807) is 12.4 Å². The molecular formula is C17H15N3O. The molecule has 0 aliphatic rings. The molecule has 1 N–H and O–H groups in total. The predicted octanol–water partition coefficient (Wildman–Crippen LogP) is 3.12. The van der Waals surface area contributed by atoms with Crippen LogP contribution in [0.5, 0.6) is 0 Å². The van der Waals surface area contributed by atoms with Gasteiger partial charge in [-0.15, -0.1) is 0 Å². The topological polar surface area (TPSA) is 54.9 Å². The van der Waals surface area contributed by atoms with E-state index in [1.807, 2.05) is 49.4 Å². The van der Waals surface area contributed by atoms with Crippen LogP contribution in [0.4, 0.5) is 5.69 Å². The summed E-state index contributed by atoms with van der Waals surface area (Å²) >= 11 is 0. The van der Waals surface area contributed by atoms with Crippen molar-refractivity contribution in [1.29, 1.82) is 0 Å². The fourth-order valence-corrected chi connectivity index (χ4v) is 2.14. The summed E-state index contributed by atoms with van der Waals surface area (Å²) < 4.78 is 0. The predicted molar refractivity (Wildman–Crippen MR) is 83.1 cm³/mol. The molecule has 0 spiro atoms. The molecule has 21 heavy (non-hydrogen) atoms. The molecule has 0 fully saturated rings. The Morgan fingerprint density at radius 1 is 1.00 bits per heavy atom. The van der Waals surface area contributed by atoms with Gasteiger partial charge in [0, 0.05) is 18.1 Å². The van der Waals surface area contributed by atoms with Crippen LogP contribution in [0, 0.1) is 6.92 Å². The smallest absolute Gasteiger partial charge is 0.228 e. The summed E-state index contributed by atoms with van der Waals surface area (Å²) in [5.74, 6) is -0.0397. The Balaban J connectivity index is 1.72. The molecular weight excluding hydrogens is 262 g/mol. The van der Waals surface area contributed by atoms with Crippen molar-refractivity contribution in [2.75, 3.05) is 5.32 Å². The number of nitrogens with one attached hydrogen (secondary N) is 1. The van der Waals surface area contributed by atoms with E-state index in [1.165, 1.54) is 5.56 Å². The number of hydrogen-bond donors (Lipinski definition) is 1. The fourth-order valence-electron chi connectivity index (χ4n) is 2.14. The summed E-state index contributed by atoms with van der Waals surface area (Å²) in [5, 5.41) is 2.89. The Bertz CT molecular complexity index is 781. The molecule has 0 aliphatic heterocycles. The van der Waals surface area contributed by atoms with E-state index in [4.69, 9.17) is 0 Å². The number of hydrogen-bond acceptors (Lipinski definition) is 3. The molecule has 0 radical (unpaired) electrons. The summed E-state index contributed by atoms with van der Waals surface area (Å²) in [5.41, 5.74) is 4.51. The van der Waals surface area contributed by atoms with Gasteiger partial charge in [-0.1, -0.05) is 29.8 Å². The Labute approximate surface area is 122 Å². The first kappa shape index (κ1) is 13.2. The van der Waals surface area contributed by atoms with Gasteiger partial charge in [0.2, 0.25) is 5.91 Å². The van der Waals surface area contributed by atoms with E-state index in [0.29, 0.717) is 6.42 Å². The van der Waals surface area contributed by atoms with Crippen LogP contribution in [0.25, 0.3) is 11.0 Å². The van der Waals surface area contributed by atoms with Gasteiger partial charge in [-0.25, -0.2) is 0 Å². The third-order valence-corrected chi connectivity index (χ3v) is 3.24. The van der Waals surface area contributed by atoms with E-state index in [-0.39, 0.29) is 5.91 Å². The number of carbonyl (C=O) groups is 1. The number of fused-ring (bicyclic) bond motifs is 1. The molecule has 4 nitrogen and oxygen atoms in total. The SMILES string of the molecule is Cc1ccc(CC(=O)Nc2ccc3nccnc3c2)cc1. The number of amides is 1. The molecule has 1 amide bonds. The van der Waals surface area contributed by atoms with Crippen molar-refractivity contribution in [2.24, 2.45) is 0 Å². The van der Waals surface area contributed by atoms with Crippen molar-refractivity contribution < 1.29 is 4.79 Å². The maximum absolute atomic E-state index is 12.1. The standard InChI is InChI=1S/C17H15N3O/c1-12-2-4-13(5-3-12)10-17(21)20-14-6-7-15-16(11-14)19-9-8-18-15/h2-9,11H,10H2,1H3,(H,20,21). The average molecular weight is 277 g/mol. The van der Waals surface area contributed by atoms with Crippen molar-refractivity contribution >= 4 is 22.6 Å². The van der Waals surface area contributed by atoms with Gasteiger partial charge < -0.3 is 5.32 Å². The van der Waals surface area contributed by atoms with E-state index in [2.05, 4.69) is 15.3 Å². The maximum atomic E-state index is 12.1. The molecule has 0 bridgehead atoms. The minimum atomic E-state index is -0.0397. The maximum Gasteiger partial charge on any atom is 0.228 e. The third kappa shape index (κ3) is 3.23. The van der Waals surface area contributed by atoms with Crippen LogP contribution >= 0.6 is 0 Å². The number of anilines is 1. The highest BCUT2D eigenvalue weighted by atomic mass is 16.1. The van der Waals surface area contributed by atoms with Crippen molar-refractivity contribution in [1.82, 2.24) is 9.97 Å². The Morgan fingerprint density at radius 2 is 1.71 bits per heavy atom. The summed E-state index contributed by atoms with van der Waals surface area (Å²) in [6, 6.07) is 13.5.